The fourth-order valence-corrected chi connectivity index (χ4v) is 1.86. The van der Waals surface area contributed by atoms with Gasteiger partial charge in [-0.1, -0.05) is 24.0 Å². The molecule has 0 saturated heterocycles. The van der Waals surface area contributed by atoms with Crippen molar-refractivity contribution in [1.29, 1.82) is 0 Å². The van der Waals surface area contributed by atoms with Crippen LogP contribution < -0.4 is 11.1 Å². The number of amides is 1. The first-order valence-electron chi connectivity index (χ1n) is 6.68. The number of benzene rings is 1. The number of rotatable bonds is 3. The van der Waals surface area contributed by atoms with Crippen LogP contribution in [0.25, 0.3) is 0 Å². The quantitative estimate of drug-likeness (QED) is 0.839. The maximum absolute atomic E-state index is 12.1. The minimum absolute atomic E-state index is 0.142. The molecular formula is C17H17N3O. The minimum atomic E-state index is -0.142. The summed E-state index contributed by atoms with van der Waals surface area (Å²) in [6.07, 6.45) is 1.72. The largest absolute Gasteiger partial charge is 0.346 e. The minimum Gasteiger partial charge on any atom is -0.346 e. The third-order valence-corrected chi connectivity index (χ3v) is 2.99. The average molecular weight is 279 g/mol. The highest BCUT2D eigenvalue weighted by Crippen LogP contribution is 2.06. The number of aromatic nitrogens is 1. The molecule has 1 aromatic heterocycles. The Balaban J connectivity index is 2.05. The summed E-state index contributed by atoms with van der Waals surface area (Å²) < 4.78 is 0. The van der Waals surface area contributed by atoms with E-state index in [1.54, 1.807) is 18.3 Å². The Morgan fingerprint density at radius 1 is 1.33 bits per heavy atom. The molecule has 0 aliphatic rings. The molecular weight excluding hydrogens is 262 g/mol. The van der Waals surface area contributed by atoms with Crippen molar-refractivity contribution >= 4 is 5.91 Å². The van der Waals surface area contributed by atoms with Gasteiger partial charge in [-0.3, -0.25) is 9.78 Å². The second kappa shape index (κ2) is 7.22. The van der Waals surface area contributed by atoms with Gasteiger partial charge in [-0.2, -0.15) is 0 Å². The van der Waals surface area contributed by atoms with Gasteiger partial charge in [-0.05, 0) is 36.8 Å². The van der Waals surface area contributed by atoms with E-state index in [1.165, 1.54) is 0 Å². The first-order valence-corrected chi connectivity index (χ1v) is 6.68. The van der Waals surface area contributed by atoms with Gasteiger partial charge in [0.1, 0.15) is 0 Å². The second-order valence-corrected chi connectivity index (χ2v) is 4.54. The number of aryl methyl sites for hydroxylation is 1. The van der Waals surface area contributed by atoms with Crippen molar-refractivity contribution in [2.45, 2.75) is 13.5 Å². The van der Waals surface area contributed by atoms with Gasteiger partial charge in [0.15, 0.2) is 0 Å². The Morgan fingerprint density at radius 3 is 2.95 bits per heavy atom. The first kappa shape index (κ1) is 14.8. The highest BCUT2D eigenvalue weighted by molar-refractivity contribution is 5.94. The summed E-state index contributed by atoms with van der Waals surface area (Å²) in [5, 5.41) is 2.87. The Morgan fingerprint density at radius 2 is 2.19 bits per heavy atom. The molecule has 0 aliphatic heterocycles. The molecule has 0 atom stereocenters. The Labute approximate surface area is 124 Å². The molecule has 3 N–H and O–H groups in total. The van der Waals surface area contributed by atoms with E-state index in [9.17, 15) is 4.79 Å². The number of carbonyl (C=O) groups is 1. The van der Waals surface area contributed by atoms with Gasteiger partial charge < -0.3 is 11.1 Å². The summed E-state index contributed by atoms with van der Waals surface area (Å²) in [5.41, 5.74) is 8.62. The standard InChI is InChI=1S/C17H17N3O/c1-13-5-4-10-19-16(13)12-20-17(21)15-8-2-6-14(11-15)7-3-9-18/h2,4-6,8,10-11H,9,12,18H2,1H3,(H,20,21). The van der Waals surface area contributed by atoms with Crippen LogP contribution in [0.15, 0.2) is 42.6 Å². The Bertz CT molecular complexity index is 698. The molecule has 1 amide bonds. The number of hydrogen-bond acceptors (Lipinski definition) is 3. The third kappa shape index (κ3) is 4.16. The summed E-state index contributed by atoms with van der Waals surface area (Å²) in [7, 11) is 0. The SMILES string of the molecule is Cc1cccnc1CNC(=O)c1cccc(C#CCN)c1. The second-order valence-electron chi connectivity index (χ2n) is 4.54. The van der Waals surface area contributed by atoms with E-state index in [0.29, 0.717) is 18.7 Å². The van der Waals surface area contributed by atoms with Gasteiger partial charge in [-0.15, -0.1) is 0 Å². The predicted octanol–water partition coefficient (Wildman–Crippen LogP) is 1.63. The zero-order valence-corrected chi connectivity index (χ0v) is 11.9. The van der Waals surface area contributed by atoms with E-state index in [1.807, 2.05) is 31.2 Å². The highest BCUT2D eigenvalue weighted by atomic mass is 16.1. The van der Waals surface area contributed by atoms with Gasteiger partial charge in [0, 0.05) is 17.3 Å². The van der Waals surface area contributed by atoms with Crippen molar-refractivity contribution < 1.29 is 4.79 Å². The summed E-state index contributed by atoms with van der Waals surface area (Å²) in [6, 6.07) is 11.0. The maximum atomic E-state index is 12.1. The van der Waals surface area contributed by atoms with Gasteiger partial charge in [0.2, 0.25) is 0 Å². The number of hydrogen-bond donors (Lipinski definition) is 2. The molecule has 0 aliphatic carbocycles. The first-order chi connectivity index (χ1) is 10.2. The molecule has 0 saturated carbocycles. The van der Waals surface area contributed by atoms with Gasteiger partial charge in [0.25, 0.3) is 5.91 Å². The van der Waals surface area contributed by atoms with E-state index in [4.69, 9.17) is 5.73 Å². The lowest BCUT2D eigenvalue weighted by Gasteiger charge is -2.07. The van der Waals surface area contributed by atoms with Crippen LogP contribution in [-0.2, 0) is 6.54 Å². The molecule has 0 spiro atoms. The van der Waals surface area contributed by atoms with Crippen LogP contribution in [0.3, 0.4) is 0 Å². The van der Waals surface area contributed by atoms with E-state index in [0.717, 1.165) is 16.8 Å². The molecule has 0 radical (unpaired) electrons. The topological polar surface area (TPSA) is 68.0 Å². The van der Waals surface area contributed by atoms with Crippen molar-refractivity contribution in [3.63, 3.8) is 0 Å². The fourth-order valence-electron chi connectivity index (χ4n) is 1.86. The van der Waals surface area contributed by atoms with Crippen LogP contribution in [0.2, 0.25) is 0 Å². The van der Waals surface area contributed by atoms with Crippen LogP contribution >= 0.6 is 0 Å². The van der Waals surface area contributed by atoms with Gasteiger partial charge >= 0.3 is 0 Å². The highest BCUT2D eigenvalue weighted by Gasteiger charge is 2.06. The average Bonchev–Trinajstić information content (AvgIpc) is 2.52. The summed E-state index contributed by atoms with van der Waals surface area (Å²) in [4.78, 5) is 16.4. The lowest BCUT2D eigenvalue weighted by Crippen LogP contribution is -2.23. The van der Waals surface area contributed by atoms with Crippen molar-refractivity contribution in [2.24, 2.45) is 5.73 Å². The Kier molecular flexibility index (Phi) is 5.08. The van der Waals surface area contributed by atoms with Crippen LogP contribution in [0, 0.1) is 18.8 Å². The molecule has 2 rings (SSSR count). The number of nitrogens with one attached hydrogen (secondary N) is 1. The van der Waals surface area contributed by atoms with Gasteiger partial charge in [0.05, 0.1) is 18.8 Å². The third-order valence-electron chi connectivity index (χ3n) is 2.99. The molecule has 1 heterocycles. The number of pyridine rings is 1. The number of nitrogens with two attached hydrogens (primary N) is 1. The van der Waals surface area contributed by atoms with Crippen LogP contribution in [0.4, 0.5) is 0 Å². The zero-order valence-electron chi connectivity index (χ0n) is 11.9. The molecule has 106 valence electrons. The molecule has 2 aromatic rings. The van der Waals surface area contributed by atoms with Gasteiger partial charge in [-0.25, -0.2) is 0 Å². The lowest BCUT2D eigenvalue weighted by molar-refractivity contribution is 0.0950. The maximum Gasteiger partial charge on any atom is 0.251 e. The fraction of sp³-hybridized carbons (Fsp3) is 0.176. The molecule has 1 aromatic carbocycles. The molecule has 4 nitrogen and oxygen atoms in total. The number of carbonyl (C=O) groups excluding carboxylic acids is 1. The van der Waals surface area contributed by atoms with E-state index < -0.39 is 0 Å². The molecule has 0 unspecified atom stereocenters. The monoisotopic (exact) mass is 279 g/mol. The predicted molar refractivity (Wildman–Crippen MR) is 82.5 cm³/mol. The van der Waals surface area contributed by atoms with Crippen molar-refractivity contribution in [3.05, 3.63) is 65.0 Å². The molecule has 21 heavy (non-hydrogen) atoms. The normalized spacial score (nSPS) is 9.62. The Hall–Kier alpha value is -2.64. The van der Waals surface area contributed by atoms with Crippen LogP contribution in [-0.4, -0.2) is 17.4 Å². The zero-order chi connectivity index (χ0) is 15.1. The van der Waals surface area contributed by atoms with Crippen molar-refractivity contribution in [2.75, 3.05) is 6.54 Å². The summed E-state index contributed by atoms with van der Waals surface area (Å²) >= 11 is 0. The summed E-state index contributed by atoms with van der Waals surface area (Å²) in [6.45, 7) is 2.68. The summed E-state index contributed by atoms with van der Waals surface area (Å²) in [5.74, 6) is 5.55. The van der Waals surface area contributed by atoms with E-state index in [2.05, 4.69) is 22.1 Å². The smallest absolute Gasteiger partial charge is 0.251 e. The van der Waals surface area contributed by atoms with Crippen molar-refractivity contribution in [3.8, 4) is 11.8 Å². The number of nitrogens with zero attached hydrogens (tertiary/aromatic N) is 1. The molecule has 0 fully saturated rings. The van der Waals surface area contributed by atoms with Crippen LogP contribution in [0.5, 0.6) is 0 Å². The molecule has 4 heteroatoms. The van der Waals surface area contributed by atoms with E-state index >= 15 is 0 Å². The van der Waals surface area contributed by atoms with Crippen molar-refractivity contribution in [1.82, 2.24) is 10.3 Å². The van der Waals surface area contributed by atoms with E-state index in [-0.39, 0.29) is 5.91 Å². The van der Waals surface area contributed by atoms with Crippen LogP contribution in [0.1, 0.15) is 27.2 Å². The molecule has 0 bridgehead atoms. The lowest BCUT2D eigenvalue weighted by atomic mass is 10.1.